The largest absolute Gasteiger partial charge is 0.390 e. The van der Waals surface area contributed by atoms with Crippen molar-refractivity contribution in [2.24, 2.45) is 11.5 Å². The van der Waals surface area contributed by atoms with E-state index in [9.17, 15) is 5.11 Å². The number of nitrogens with one attached hydrogen (secondary N) is 1. The fraction of sp³-hybridized carbons (Fsp3) is 0.429. The van der Waals surface area contributed by atoms with Gasteiger partial charge in [-0.05, 0) is 12.1 Å². The molecule has 4 nitrogen and oxygen atoms in total. The van der Waals surface area contributed by atoms with E-state index < -0.39 is 12.1 Å². The Morgan fingerprint density at radius 1 is 1.64 bits per heavy atom. The predicted octanol–water partition coefficient (Wildman–Crippen LogP) is -0.666. The highest BCUT2D eigenvalue weighted by Crippen LogP contribution is 2.09. The highest BCUT2D eigenvalue weighted by Gasteiger charge is 2.14. The van der Waals surface area contributed by atoms with E-state index in [1.165, 1.54) is 0 Å². The van der Waals surface area contributed by atoms with Gasteiger partial charge in [0.15, 0.2) is 0 Å². The molecular weight excluding hydrogens is 142 g/mol. The number of nitrogens with two attached hydrogens (primary N) is 2. The lowest BCUT2D eigenvalue weighted by molar-refractivity contribution is 0.151. The molecule has 0 amide bonds. The van der Waals surface area contributed by atoms with Crippen molar-refractivity contribution in [1.82, 2.24) is 4.98 Å². The first kappa shape index (κ1) is 8.26. The summed E-state index contributed by atoms with van der Waals surface area (Å²) in [6.07, 6.45) is 1.09. The second-order valence-corrected chi connectivity index (χ2v) is 2.45. The minimum Gasteiger partial charge on any atom is -0.390 e. The molecule has 11 heavy (non-hydrogen) atoms. The number of rotatable bonds is 3. The Hall–Kier alpha value is -0.840. The van der Waals surface area contributed by atoms with E-state index in [1.54, 1.807) is 6.20 Å². The van der Waals surface area contributed by atoms with Crippen LogP contribution in [0.1, 0.15) is 11.7 Å². The lowest BCUT2D eigenvalue weighted by atomic mass is 10.1. The first-order valence-electron chi connectivity index (χ1n) is 3.52. The molecule has 0 fully saturated rings. The summed E-state index contributed by atoms with van der Waals surface area (Å²) in [4.78, 5) is 2.91. The minimum atomic E-state index is -0.673. The van der Waals surface area contributed by atoms with Gasteiger partial charge in [-0.1, -0.05) is 0 Å². The summed E-state index contributed by atoms with van der Waals surface area (Å²) >= 11 is 0. The third-order valence-electron chi connectivity index (χ3n) is 1.64. The molecule has 0 aliphatic rings. The molecule has 0 saturated heterocycles. The molecule has 2 atom stereocenters. The summed E-state index contributed by atoms with van der Waals surface area (Å²) in [5.41, 5.74) is 11.7. The molecule has 0 bridgehead atoms. The first-order chi connectivity index (χ1) is 5.25. The van der Waals surface area contributed by atoms with E-state index in [2.05, 4.69) is 4.98 Å². The Bertz CT molecular complexity index is 197. The van der Waals surface area contributed by atoms with Crippen LogP contribution in [0.15, 0.2) is 18.3 Å². The summed E-state index contributed by atoms with van der Waals surface area (Å²) in [7, 11) is 0. The molecular formula is C7H13N3O. The van der Waals surface area contributed by atoms with Gasteiger partial charge in [-0.15, -0.1) is 0 Å². The van der Waals surface area contributed by atoms with E-state index >= 15 is 0 Å². The minimum absolute atomic E-state index is 0.181. The van der Waals surface area contributed by atoms with Gasteiger partial charge < -0.3 is 21.6 Å². The SMILES string of the molecule is NCC(O)C(N)c1ccc[nH]1. The van der Waals surface area contributed by atoms with Gasteiger partial charge >= 0.3 is 0 Å². The van der Waals surface area contributed by atoms with Gasteiger partial charge in [-0.2, -0.15) is 0 Å². The van der Waals surface area contributed by atoms with Crippen molar-refractivity contribution < 1.29 is 5.11 Å². The predicted molar refractivity (Wildman–Crippen MR) is 42.8 cm³/mol. The second-order valence-electron chi connectivity index (χ2n) is 2.45. The molecule has 2 unspecified atom stereocenters. The van der Waals surface area contributed by atoms with Crippen LogP contribution in [0.3, 0.4) is 0 Å². The number of aromatic nitrogens is 1. The Balaban J connectivity index is 2.62. The zero-order valence-electron chi connectivity index (χ0n) is 6.20. The molecule has 1 aromatic heterocycles. The van der Waals surface area contributed by atoms with Crippen LogP contribution in [0.4, 0.5) is 0 Å². The van der Waals surface area contributed by atoms with Crippen molar-refractivity contribution in [3.63, 3.8) is 0 Å². The Kier molecular flexibility index (Phi) is 2.64. The van der Waals surface area contributed by atoms with Crippen LogP contribution in [-0.4, -0.2) is 22.7 Å². The average Bonchev–Trinajstić information content (AvgIpc) is 2.53. The van der Waals surface area contributed by atoms with Crippen molar-refractivity contribution in [2.45, 2.75) is 12.1 Å². The van der Waals surface area contributed by atoms with Crippen LogP contribution in [0.25, 0.3) is 0 Å². The smallest absolute Gasteiger partial charge is 0.0869 e. The van der Waals surface area contributed by atoms with Crippen molar-refractivity contribution in [3.05, 3.63) is 24.0 Å². The normalized spacial score (nSPS) is 16.3. The van der Waals surface area contributed by atoms with Gasteiger partial charge in [-0.3, -0.25) is 0 Å². The van der Waals surface area contributed by atoms with Crippen molar-refractivity contribution in [3.8, 4) is 0 Å². The van der Waals surface area contributed by atoms with Crippen molar-refractivity contribution >= 4 is 0 Å². The van der Waals surface area contributed by atoms with Gasteiger partial charge in [0, 0.05) is 18.4 Å². The molecule has 0 saturated carbocycles. The average molecular weight is 155 g/mol. The number of aliphatic hydroxyl groups is 1. The van der Waals surface area contributed by atoms with E-state index in [-0.39, 0.29) is 6.54 Å². The Morgan fingerprint density at radius 2 is 2.36 bits per heavy atom. The molecule has 4 heteroatoms. The maximum Gasteiger partial charge on any atom is 0.0869 e. The summed E-state index contributed by atoms with van der Waals surface area (Å²) in [6.45, 7) is 0.181. The van der Waals surface area contributed by atoms with Gasteiger partial charge in [0.05, 0.1) is 12.1 Å². The third kappa shape index (κ3) is 1.80. The molecule has 6 N–H and O–H groups in total. The summed E-state index contributed by atoms with van der Waals surface area (Å²) < 4.78 is 0. The van der Waals surface area contributed by atoms with E-state index in [1.807, 2.05) is 12.1 Å². The molecule has 0 radical (unpaired) electrons. The highest BCUT2D eigenvalue weighted by molar-refractivity contribution is 5.10. The maximum absolute atomic E-state index is 9.23. The van der Waals surface area contributed by atoms with Gasteiger partial charge in [-0.25, -0.2) is 0 Å². The molecule has 1 rings (SSSR count). The van der Waals surface area contributed by atoms with Gasteiger partial charge in [0.1, 0.15) is 0 Å². The third-order valence-corrected chi connectivity index (χ3v) is 1.64. The molecule has 0 spiro atoms. The number of aromatic amines is 1. The zero-order chi connectivity index (χ0) is 8.27. The van der Waals surface area contributed by atoms with Crippen LogP contribution < -0.4 is 11.5 Å². The maximum atomic E-state index is 9.23. The molecule has 1 aromatic rings. The monoisotopic (exact) mass is 155 g/mol. The summed E-state index contributed by atoms with van der Waals surface area (Å²) in [5.74, 6) is 0. The molecule has 0 aliphatic heterocycles. The number of H-pyrrole nitrogens is 1. The fourth-order valence-electron chi connectivity index (χ4n) is 0.905. The second kappa shape index (κ2) is 3.52. The summed E-state index contributed by atoms with van der Waals surface area (Å²) in [5, 5.41) is 9.23. The van der Waals surface area contributed by atoms with E-state index in [0.717, 1.165) is 5.69 Å². The number of aliphatic hydroxyl groups excluding tert-OH is 1. The van der Waals surface area contributed by atoms with Gasteiger partial charge in [0.25, 0.3) is 0 Å². The van der Waals surface area contributed by atoms with E-state index in [0.29, 0.717) is 0 Å². The topological polar surface area (TPSA) is 88.1 Å². The quantitative estimate of drug-likeness (QED) is 0.467. The molecule has 0 aromatic carbocycles. The van der Waals surface area contributed by atoms with Gasteiger partial charge in [0.2, 0.25) is 0 Å². The Labute approximate surface area is 65.2 Å². The molecule has 1 heterocycles. The number of hydrogen-bond donors (Lipinski definition) is 4. The summed E-state index contributed by atoms with van der Waals surface area (Å²) in [6, 6.07) is 3.25. The highest BCUT2D eigenvalue weighted by atomic mass is 16.3. The van der Waals surface area contributed by atoms with Crippen molar-refractivity contribution in [2.75, 3.05) is 6.54 Å². The fourth-order valence-corrected chi connectivity index (χ4v) is 0.905. The van der Waals surface area contributed by atoms with Crippen LogP contribution >= 0.6 is 0 Å². The lowest BCUT2D eigenvalue weighted by Crippen LogP contribution is -2.32. The molecule has 0 aliphatic carbocycles. The standard InChI is InChI=1S/C7H13N3O/c8-4-6(11)7(9)5-2-1-3-10-5/h1-3,6-7,10-11H,4,8-9H2. The van der Waals surface area contributed by atoms with Crippen LogP contribution in [-0.2, 0) is 0 Å². The first-order valence-corrected chi connectivity index (χ1v) is 3.52. The zero-order valence-corrected chi connectivity index (χ0v) is 6.20. The van der Waals surface area contributed by atoms with Crippen molar-refractivity contribution in [1.29, 1.82) is 0 Å². The number of hydrogen-bond acceptors (Lipinski definition) is 3. The lowest BCUT2D eigenvalue weighted by Gasteiger charge is -2.15. The van der Waals surface area contributed by atoms with Crippen LogP contribution in [0.2, 0.25) is 0 Å². The molecule has 62 valence electrons. The van der Waals surface area contributed by atoms with Crippen LogP contribution in [0.5, 0.6) is 0 Å². The Morgan fingerprint density at radius 3 is 2.82 bits per heavy atom. The van der Waals surface area contributed by atoms with Crippen LogP contribution in [0, 0.1) is 0 Å². The van der Waals surface area contributed by atoms with E-state index in [4.69, 9.17) is 11.5 Å².